The topological polar surface area (TPSA) is 38.9 Å². The van der Waals surface area contributed by atoms with E-state index in [1.165, 1.54) is 21.9 Å². The number of pyridine rings is 1. The molecule has 9 aromatic rings. The number of para-hydroxylation sites is 1. The van der Waals surface area contributed by atoms with E-state index in [0.717, 1.165) is 67.0 Å². The predicted octanol–water partition coefficient (Wildman–Crippen LogP) is 12.7. The molecule has 0 amide bonds. The van der Waals surface area contributed by atoms with Crippen LogP contribution in [0.3, 0.4) is 0 Å². The number of rotatable bonds is 6. The minimum atomic E-state index is 0.622. The molecule has 2 heterocycles. The largest absolute Gasteiger partial charge is 0.436 e. The summed E-state index contributed by atoms with van der Waals surface area (Å²) >= 11 is 0. The van der Waals surface area contributed by atoms with Crippen LogP contribution in [0, 0.1) is 6.92 Å². The Bertz CT molecular complexity index is 2620. The Kier molecular flexibility index (Phi) is 7.37. The van der Waals surface area contributed by atoms with Gasteiger partial charge in [0.25, 0.3) is 0 Å². The van der Waals surface area contributed by atoms with Crippen molar-refractivity contribution in [3.8, 4) is 67.3 Å². The SMILES string of the molecule is Cc1c(-c2ccc(-c3c(-c4cccc5oc(-c6ccccc6)nc45)ccc4ccccc34)cc2)cc(-c2ccccc2)nc1-c1ccccc1. The molecule has 3 heteroatoms. The van der Waals surface area contributed by atoms with Crippen LogP contribution < -0.4 is 0 Å². The van der Waals surface area contributed by atoms with E-state index < -0.39 is 0 Å². The Morgan fingerprint density at radius 3 is 1.82 bits per heavy atom. The smallest absolute Gasteiger partial charge is 0.227 e. The maximum Gasteiger partial charge on any atom is 0.227 e. The van der Waals surface area contributed by atoms with E-state index in [0.29, 0.717) is 5.89 Å². The first-order valence-electron chi connectivity index (χ1n) is 16.9. The van der Waals surface area contributed by atoms with Crippen molar-refractivity contribution in [2.45, 2.75) is 6.92 Å². The summed E-state index contributed by atoms with van der Waals surface area (Å²) in [6, 6.07) is 61.4. The molecule has 0 atom stereocenters. The highest BCUT2D eigenvalue weighted by atomic mass is 16.3. The summed E-state index contributed by atoms with van der Waals surface area (Å²) in [5, 5.41) is 2.39. The fraction of sp³-hybridized carbons (Fsp3) is 0.0213. The van der Waals surface area contributed by atoms with Gasteiger partial charge in [0.2, 0.25) is 5.89 Å². The van der Waals surface area contributed by atoms with Gasteiger partial charge in [-0.25, -0.2) is 9.97 Å². The van der Waals surface area contributed by atoms with Crippen LogP contribution in [0.1, 0.15) is 5.56 Å². The average Bonchev–Trinajstić information content (AvgIpc) is 3.64. The molecule has 236 valence electrons. The highest BCUT2D eigenvalue weighted by molar-refractivity contribution is 6.07. The summed E-state index contributed by atoms with van der Waals surface area (Å²) < 4.78 is 6.29. The van der Waals surface area contributed by atoms with E-state index in [1.54, 1.807) is 0 Å². The normalized spacial score (nSPS) is 11.3. The molecule has 0 fully saturated rings. The van der Waals surface area contributed by atoms with Gasteiger partial charge in [0.15, 0.2) is 5.58 Å². The molecule has 0 aliphatic rings. The molecule has 0 bridgehead atoms. The fourth-order valence-corrected chi connectivity index (χ4v) is 7.04. The van der Waals surface area contributed by atoms with Crippen molar-refractivity contribution in [3.63, 3.8) is 0 Å². The van der Waals surface area contributed by atoms with Crippen LogP contribution in [-0.4, -0.2) is 9.97 Å². The van der Waals surface area contributed by atoms with Crippen LogP contribution in [0.5, 0.6) is 0 Å². The van der Waals surface area contributed by atoms with E-state index >= 15 is 0 Å². The van der Waals surface area contributed by atoms with Gasteiger partial charge < -0.3 is 4.42 Å². The predicted molar refractivity (Wildman–Crippen MR) is 207 cm³/mol. The third-order valence-electron chi connectivity index (χ3n) is 9.53. The molecule has 0 radical (unpaired) electrons. The Hall–Kier alpha value is -6.58. The third kappa shape index (κ3) is 5.26. The van der Waals surface area contributed by atoms with Crippen LogP contribution in [0.15, 0.2) is 180 Å². The summed E-state index contributed by atoms with van der Waals surface area (Å²) in [5.41, 5.74) is 14.7. The Morgan fingerprint density at radius 1 is 0.440 bits per heavy atom. The molecule has 0 aliphatic heterocycles. The summed E-state index contributed by atoms with van der Waals surface area (Å²) in [6.07, 6.45) is 0. The van der Waals surface area contributed by atoms with Gasteiger partial charge in [-0.15, -0.1) is 0 Å². The van der Waals surface area contributed by atoms with Crippen molar-refractivity contribution < 1.29 is 4.42 Å². The summed E-state index contributed by atoms with van der Waals surface area (Å²) in [5.74, 6) is 0.622. The molecule has 9 rings (SSSR count). The number of aromatic nitrogens is 2. The lowest BCUT2D eigenvalue weighted by Crippen LogP contribution is -1.96. The first-order valence-corrected chi connectivity index (χ1v) is 16.9. The third-order valence-corrected chi connectivity index (χ3v) is 9.53. The highest BCUT2D eigenvalue weighted by Crippen LogP contribution is 2.42. The van der Waals surface area contributed by atoms with Crippen LogP contribution in [0.2, 0.25) is 0 Å². The van der Waals surface area contributed by atoms with Gasteiger partial charge in [-0.3, -0.25) is 0 Å². The van der Waals surface area contributed by atoms with E-state index in [9.17, 15) is 0 Å². The molecular weight excluding hydrogens is 609 g/mol. The zero-order valence-corrected chi connectivity index (χ0v) is 27.5. The van der Waals surface area contributed by atoms with Crippen LogP contribution in [-0.2, 0) is 0 Å². The average molecular weight is 641 g/mol. The Balaban J connectivity index is 1.20. The Labute approximate surface area is 291 Å². The standard InChI is InChI=1S/C47H32N2O/c1-31-41(30-42(34-15-5-2-6-16-34)48-45(31)36-17-7-3-8-18-36)33-24-26-35(27-25-33)44-38-21-12-11-14-32(38)28-29-39(44)40-22-13-23-43-46(40)49-47(50-43)37-19-9-4-10-20-37/h2-30H,1H3. The van der Waals surface area contributed by atoms with E-state index in [4.69, 9.17) is 14.4 Å². The van der Waals surface area contributed by atoms with Crippen molar-refractivity contribution in [1.29, 1.82) is 0 Å². The van der Waals surface area contributed by atoms with Gasteiger partial charge in [-0.1, -0.05) is 152 Å². The number of hydrogen-bond donors (Lipinski definition) is 0. The zero-order valence-electron chi connectivity index (χ0n) is 27.5. The number of benzene rings is 7. The van der Waals surface area contributed by atoms with Crippen molar-refractivity contribution in [2.24, 2.45) is 0 Å². The second-order valence-corrected chi connectivity index (χ2v) is 12.6. The molecule has 0 saturated carbocycles. The van der Waals surface area contributed by atoms with Gasteiger partial charge in [0.1, 0.15) is 5.52 Å². The maximum atomic E-state index is 6.29. The molecule has 50 heavy (non-hydrogen) atoms. The van der Waals surface area contributed by atoms with Crippen LogP contribution in [0.4, 0.5) is 0 Å². The Morgan fingerprint density at radius 2 is 1.08 bits per heavy atom. The molecule has 7 aromatic carbocycles. The lowest BCUT2D eigenvalue weighted by atomic mass is 9.88. The van der Waals surface area contributed by atoms with Gasteiger partial charge in [0.05, 0.1) is 11.4 Å². The van der Waals surface area contributed by atoms with Crippen molar-refractivity contribution in [1.82, 2.24) is 9.97 Å². The fourth-order valence-electron chi connectivity index (χ4n) is 7.04. The lowest BCUT2D eigenvalue weighted by molar-refractivity contribution is 0.620. The molecule has 3 nitrogen and oxygen atoms in total. The highest BCUT2D eigenvalue weighted by Gasteiger charge is 2.19. The zero-order chi connectivity index (χ0) is 33.4. The van der Waals surface area contributed by atoms with Gasteiger partial charge >= 0.3 is 0 Å². The van der Waals surface area contributed by atoms with Gasteiger partial charge in [-0.2, -0.15) is 0 Å². The maximum absolute atomic E-state index is 6.29. The van der Waals surface area contributed by atoms with E-state index in [2.05, 4.69) is 134 Å². The summed E-state index contributed by atoms with van der Waals surface area (Å²) in [7, 11) is 0. The molecule has 2 aromatic heterocycles. The summed E-state index contributed by atoms with van der Waals surface area (Å²) in [6.45, 7) is 2.18. The summed E-state index contributed by atoms with van der Waals surface area (Å²) in [4.78, 5) is 10.2. The quantitative estimate of drug-likeness (QED) is 0.182. The minimum Gasteiger partial charge on any atom is -0.436 e. The molecular formula is C47H32N2O. The number of fused-ring (bicyclic) bond motifs is 2. The van der Waals surface area contributed by atoms with E-state index in [1.807, 2.05) is 48.5 Å². The molecule has 0 N–H and O–H groups in total. The van der Waals surface area contributed by atoms with Crippen molar-refractivity contribution in [3.05, 3.63) is 181 Å². The second-order valence-electron chi connectivity index (χ2n) is 12.6. The van der Waals surface area contributed by atoms with Crippen LogP contribution >= 0.6 is 0 Å². The monoisotopic (exact) mass is 640 g/mol. The molecule has 0 saturated heterocycles. The van der Waals surface area contributed by atoms with E-state index in [-0.39, 0.29) is 0 Å². The first kappa shape index (κ1) is 29.6. The van der Waals surface area contributed by atoms with Gasteiger partial charge in [0, 0.05) is 22.3 Å². The first-order chi connectivity index (χ1) is 24.7. The van der Waals surface area contributed by atoms with Crippen LogP contribution in [0.25, 0.3) is 89.2 Å². The molecule has 0 aliphatic carbocycles. The van der Waals surface area contributed by atoms with Crippen molar-refractivity contribution in [2.75, 3.05) is 0 Å². The number of oxazole rings is 1. The minimum absolute atomic E-state index is 0.622. The molecule has 0 spiro atoms. The van der Waals surface area contributed by atoms with Crippen molar-refractivity contribution >= 4 is 21.9 Å². The number of hydrogen-bond acceptors (Lipinski definition) is 3. The number of nitrogens with zero attached hydrogens (tertiary/aromatic N) is 2. The lowest BCUT2D eigenvalue weighted by Gasteiger charge is -2.17. The second kappa shape index (κ2) is 12.5. The van der Waals surface area contributed by atoms with Gasteiger partial charge in [-0.05, 0) is 75.3 Å². The molecule has 0 unspecified atom stereocenters.